The van der Waals surface area contributed by atoms with Crippen LogP contribution in [0.3, 0.4) is 0 Å². The molecule has 0 aromatic heterocycles. The molecule has 0 saturated heterocycles. The number of ether oxygens (including phenoxy) is 1. The SMILES string of the molecule is Cc1cccc(NC(=O)C(C)OC(=O)CN(c2ccccc2C)S(C)(=O)=O)c1. The minimum absolute atomic E-state index is 0.388. The van der Waals surface area contributed by atoms with Gasteiger partial charge in [0.2, 0.25) is 10.0 Å². The first-order chi connectivity index (χ1) is 13.1. The minimum atomic E-state index is -3.71. The molecule has 1 unspecified atom stereocenters. The first-order valence-corrected chi connectivity index (χ1v) is 10.5. The monoisotopic (exact) mass is 404 g/mol. The van der Waals surface area contributed by atoms with E-state index < -0.39 is 34.5 Å². The van der Waals surface area contributed by atoms with Crippen LogP contribution >= 0.6 is 0 Å². The highest BCUT2D eigenvalue weighted by Gasteiger charge is 2.25. The molecule has 1 atom stereocenters. The molecule has 0 spiro atoms. The van der Waals surface area contributed by atoms with E-state index in [1.165, 1.54) is 6.92 Å². The zero-order chi connectivity index (χ0) is 20.9. The topological polar surface area (TPSA) is 92.8 Å². The summed E-state index contributed by atoms with van der Waals surface area (Å²) >= 11 is 0. The quantitative estimate of drug-likeness (QED) is 0.716. The standard InChI is InChI=1S/C20H24N2O5S/c1-14-8-7-10-17(12-14)21-20(24)16(3)27-19(23)13-22(28(4,25)26)18-11-6-5-9-15(18)2/h5-12,16H,13H2,1-4H3,(H,21,24). The third-order valence-electron chi connectivity index (χ3n) is 4.02. The van der Waals surface area contributed by atoms with Gasteiger partial charge in [0.05, 0.1) is 11.9 Å². The Morgan fingerprint density at radius 2 is 1.79 bits per heavy atom. The Bertz CT molecular complexity index is 972. The van der Waals surface area contributed by atoms with Gasteiger partial charge in [-0.2, -0.15) is 0 Å². The molecule has 0 bridgehead atoms. The van der Waals surface area contributed by atoms with Crippen LogP contribution in [-0.2, 0) is 24.3 Å². The zero-order valence-corrected chi connectivity index (χ0v) is 17.1. The van der Waals surface area contributed by atoms with Crippen molar-refractivity contribution in [1.29, 1.82) is 0 Å². The van der Waals surface area contributed by atoms with Gasteiger partial charge in [-0.05, 0) is 50.1 Å². The molecule has 0 aliphatic carbocycles. The van der Waals surface area contributed by atoms with Crippen molar-refractivity contribution in [3.8, 4) is 0 Å². The maximum atomic E-state index is 12.3. The van der Waals surface area contributed by atoms with Gasteiger partial charge < -0.3 is 10.1 Å². The second-order valence-corrected chi connectivity index (χ2v) is 8.45. The fourth-order valence-electron chi connectivity index (χ4n) is 2.60. The number of carbonyl (C=O) groups is 2. The largest absolute Gasteiger partial charge is 0.451 e. The van der Waals surface area contributed by atoms with Crippen molar-refractivity contribution in [2.24, 2.45) is 0 Å². The molecule has 150 valence electrons. The van der Waals surface area contributed by atoms with Crippen LogP contribution in [0.25, 0.3) is 0 Å². The first-order valence-electron chi connectivity index (χ1n) is 8.68. The highest BCUT2D eigenvalue weighted by atomic mass is 32.2. The van der Waals surface area contributed by atoms with Crippen LogP contribution in [0.2, 0.25) is 0 Å². The summed E-state index contributed by atoms with van der Waals surface area (Å²) in [5.74, 6) is -1.32. The van der Waals surface area contributed by atoms with E-state index in [4.69, 9.17) is 4.74 Å². The number of nitrogens with zero attached hydrogens (tertiary/aromatic N) is 1. The smallest absolute Gasteiger partial charge is 0.327 e. The van der Waals surface area contributed by atoms with Crippen LogP contribution < -0.4 is 9.62 Å². The molecule has 8 heteroatoms. The highest BCUT2D eigenvalue weighted by Crippen LogP contribution is 2.22. The molecular weight excluding hydrogens is 380 g/mol. The first kappa shape index (κ1) is 21.4. The fourth-order valence-corrected chi connectivity index (χ4v) is 3.50. The Kier molecular flexibility index (Phi) is 6.80. The molecule has 0 aliphatic rings. The Morgan fingerprint density at radius 3 is 2.39 bits per heavy atom. The summed E-state index contributed by atoms with van der Waals surface area (Å²) < 4.78 is 30.4. The van der Waals surface area contributed by atoms with Crippen molar-refractivity contribution in [2.75, 3.05) is 22.4 Å². The number of anilines is 2. The molecule has 1 N–H and O–H groups in total. The van der Waals surface area contributed by atoms with E-state index in [0.717, 1.165) is 16.1 Å². The lowest BCUT2D eigenvalue weighted by atomic mass is 10.2. The van der Waals surface area contributed by atoms with Gasteiger partial charge >= 0.3 is 5.97 Å². The molecule has 28 heavy (non-hydrogen) atoms. The van der Waals surface area contributed by atoms with Crippen LogP contribution in [0.15, 0.2) is 48.5 Å². The molecular formula is C20H24N2O5S. The molecule has 0 radical (unpaired) electrons. The summed E-state index contributed by atoms with van der Waals surface area (Å²) in [6.07, 6.45) is -0.0630. The molecule has 2 aromatic rings. The average Bonchev–Trinajstić information content (AvgIpc) is 2.59. The number of rotatable bonds is 7. The summed E-state index contributed by atoms with van der Waals surface area (Å²) in [6.45, 7) is 4.55. The van der Waals surface area contributed by atoms with E-state index in [9.17, 15) is 18.0 Å². The molecule has 1 amide bonds. The van der Waals surface area contributed by atoms with Gasteiger partial charge in [-0.25, -0.2) is 8.42 Å². The van der Waals surface area contributed by atoms with Gasteiger partial charge in [-0.3, -0.25) is 13.9 Å². The van der Waals surface area contributed by atoms with Gasteiger partial charge in [0.25, 0.3) is 5.91 Å². The van der Waals surface area contributed by atoms with Crippen LogP contribution in [0, 0.1) is 13.8 Å². The average molecular weight is 404 g/mol. The van der Waals surface area contributed by atoms with Crippen molar-refractivity contribution in [2.45, 2.75) is 26.9 Å². The number of esters is 1. The normalized spacial score (nSPS) is 12.1. The maximum absolute atomic E-state index is 12.3. The Labute approximate surface area is 165 Å². The van der Waals surface area contributed by atoms with E-state index in [1.807, 2.05) is 13.0 Å². The zero-order valence-electron chi connectivity index (χ0n) is 16.3. The number of nitrogens with one attached hydrogen (secondary N) is 1. The minimum Gasteiger partial charge on any atom is -0.451 e. The third kappa shape index (κ3) is 5.82. The molecule has 0 saturated carbocycles. The van der Waals surface area contributed by atoms with Crippen LogP contribution in [0.1, 0.15) is 18.1 Å². The van der Waals surface area contributed by atoms with E-state index >= 15 is 0 Å². The summed E-state index contributed by atoms with van der Waals surface area (Å²) in [7, 11) is -3.71. The molecule has 0 fully saturated rings. The number of hydrogen-bond acceptors (Lipinski definition) is 5. The summed E-state index contributed by atoms with van der Waals surface area (Å²) in [5, 5.41) is 2.66. The van der Waals surface area contributed by atoms with Gasteiger partial charge in [0.15, 0.2) is 6.10 Å². The molecule has 0 aliphatic heterocycles. The van der Waals surface area contributed by atoms with Crippen LogP contribution in [-0.4, -0.2) is 39.2 Å². The van der Waals surface area contributed by atoms with Crippen molar-refractivity contribution >= 4 is 33.3 Å². The number of sulfonamides is 1. The number of para-hydroxylation sites is 1. The van der Waals surface area contributed by atoms with Gasteiger partial charge in [-0.1, -0.05) is 30.3 Å². The lowest BCUT2D eigenvalue weighted by molar-refractivity contribution is -0.151. The van der Waals surface area contributed by atoms with Crippen LogP contribution in [0.4, 0.5) is 11.4 Å². The predicted molar refractivity (Wildman–Crippen MR) is 109 cm³/mol. The van der Waals surface area contributed by atoms with Crippen molar-refractivity contribution in [1.82, 2.24) is 0 Å². The number of amides is 1. The summed E-state index contributed by atoms with van der Waals surface area (Å²) in [4.78, 5) is 24.5. The second-order valence-electron chi connectivity index (χ2n) is 6.55. The van der Waals surface area contributed by atoms with E-state index in [0.29, 0.717) is 16.9 Å². The van der Waals surface area contributed by atoms with Gasteiger partial charge in [0.1, 0.15) is 6.54 Å². The lowest BCUT2D eigenvalue weighted by Gasteiger charge is -2.24. The van der Waals surface area contributed by atoms with E-state index in [2.05, 4.69) is 5.32 Å². The van der Waals surface area contributed by atoms with E-state index in [1.54, 1.807) is 49.4 Å². The Morgan fingerprint density at radius 1 is 1.11 bits per heavy atom. The van der Waals surface area contributed by atoms with Crippen LogP contribution in [0.5, 0.6) is 0 Å². The third-order valence-corrected chi connectivity index (χ3v) is 5.15. The van der Waals surface area contributed by atoms with Crippen molar-refractivity contribution in [3.63, 3.8) is 0 Å². The highest BCUT2D eigenvalue weighted by molar-refractivity contribution is 7.92. The maximum Gasteiger partial charge on any atom is 0.327 e. The lowest BCUT2D eigenvalue weighted by Crippen LogP contribution is -2.39. The molecule has 7 nitrogen and oxygen atoms in total. The number of benzene rings is 2. The second kappa shape index (κ2) is 8.88. The van der Waals surface area contributed by atoms with E-state index in [-0.39, 0.29) is 0 Å². The fraction of sp³-hybridized carbons (Fsp3) is 0.300. The summed E-state index contributed by atoms with van der Waals surface area (Å²) in [5.41, 5.74) is 2.65. The Balaban J connectivity index is 2.06. The number of aryl methyl sites for hydroxylation is 2. The summed E-state index contributed by atoms with van der Waals surface area (Å²) in [6, 6.07) is 14.0. The number of hydrogen-bond donors (Lipinski definition) is 1. The predicted octanol–water partition coefficient (Wildman–Crippen LogP) is 2.64. The van der Waals surface area contributed by atoms with Crippen molar-refractivity contribution in [3.05, 3.63) is 59.7 Å². The van der Waals surface area contributed by atoms with Crippen molar-refractivity contribution < 1.29 is 22.7 Å². The number of carbonyl (C=O) groups excluding carboxylic acids is 2. The molecule has 2 rings (SSSR count). The Hall–Kier alpha value is -2.87. The molecule has 0 heterocycles. The van der Waals surface area contributed by atoms with Gasteiger partial charge in [-0.15, -0.1) is 0 Å². The van der Waals surface area contributed by atoms with Gasteiger partial charge in [0, 0.05) is 5.69 Å². The molecule has 2 aromatic carbocycles.